The van der Waals surface area contributed by atoms with Crippen LogP contribution in [-0.4, -0.2) is 35.7 Å². The van der Waals surface area contributed by atoms with Gasteiger partial charge < -0.3 is 20.1 Å². The van der Waals surface area contributed by atoms with Crippen LogP contribution in [0.1, 0.15) is 25.3 Å². The van der Waals surface area contributed by atoms with Crippen LogP contribution in [0.5, 0.6) is 11.5 Å². The molecule has 0 fully saturated rings. The Kier molecular flexibility index (Phi) is 7.79. The Morgan fingerprint density at radius 2 is 1.84 bits per heavy atom. The summed E-state index contributed by atoms with van der Waals surface area (Å²) >= 11 is 0. The first-order valence-corrected chi connectivity index (χ1v) is 8.68. The van der Waals surface area contributed by atoms with Gasteiger partial charge in [0.15, 0.2) is 0 Å². The van der Waals surface area contributed by atoms with Crippen LogP contribution in [0.4, 0.5) is 4.79 Å². The van der Waals surface area contributed by atoms with Crippen LogP contribution in [0, 0.1) is 0 Å². The number of hydrogen-bond donors (Lipinski definition) is 2. The highest BCUT2D eigenvalue weighted by atomic mass is 16.5. The predicted octanol–water partition coefficient (Wildman–Crippen LogP) is 3.78. The zero-order valence-corrected chi connectivity index (χ0v) is 14.6. The van der Waals surface area contributed by atoms with Crippen LogP contribution in [-0.2, 0) is 6.54 Å². The van der Waals surface area contributed by atoms with Gasteiger partial charge in [-0.25, -0.2) is 4.79 Å². The Labute approximate surface area is 149 Å². The van der Waals surface area contributed by atoms with Crippen molar-refractivity contribution in [1.82, 2.24) is 10.2 Å². The normalized spacial score (nSPS) is 10.3. The van der Waals surface area contributed by atoms with Gasteiger partial charge in [0.05, 0.1) is 6.61 Å². The van der Waals surface area contributed by atoms with Gasteiger partial charge in [-0.05, 0) is 36.2 Å². The topological polar surface area (TPSA) is 61.8 Å². The third kappa shape index (κ3) is 6.47. The molecule has 2 aromatic carbocycles. The largest absolute Gasteiger partial charge is 0.457 e. The predicted molar refractivity (Wildman–Crippen MR) is 98.8 cm³/mol. The second kappa shape index (κ2) is 10.4. The van der Waals surface area contributed by atoms with Crippen molar-refractivity contribution in [2.75, 3.05) is 19.7 Å². The SMILES string of the molecule is CCCCN(CCO)C(=O)NCc1cccc(Oc2ccccc2)c1. The molecule has 5 heteroatoms. The summed E-state index contributed by atoms with van der Waals surface area (Å²) in [6, 6.07) is 17.1. The third-order valence-corrected chi connectivity index (χ3v) is 3.76. The summed E-state index contributed by atoms with van der Waals surface area (Å²) in [6.45, 7) is 3.46. The van der Waals surface area contributed by atoms with Gasteiger partial charge in [-0.15, -0.1) is 0 Å². The molecule has 0 aromatic heterocycles. The Bertz CT molecular complexity index is 646. The number of nitrogens with one attached hydrogen (secondary N) is 1. The molecule has 25 heavy (non-hydrogen) atoms. The Morgan fingerprint density at radius 1 is 1.08 bits per heavy atom. The summed E-state index contributed by atoms with van der Waals surface area (Å²) in [4.78, 5) is 13.9. The van der Waals surface area contributed by atoms with Crippen molar-refractivity contribution in [3.8, 4) is 11.5 Å². The first-order valence-electron chi connectivity index (χ1n) is 8.68. The fourth-order valence-electron chi connectivity index (χ4n) is 2.42. The minimum Gasteiger partial charge on any atom is -0.457 e. The lowest BCUT2D eigenvalue weighted by Gasteiger charge is -2.22. The van der Waals surface area contributed by atoms with Gasteiger partial charge in [-0.1, -0.05) is 43.7 Å². The number of ether oxygens (including phenoxy) is 1. The maximum Gasteiger partial charge on any atom is 0.317 e. The van der Waals surface area contributed by atoms with E-state index in [0.717, 1.165) is 29.9 Å². The monoisotopic (exact) mass is 342 g/mol. The first kappa shape index (κ1) is 18.8. The molecule has 5 nitrogen and oxygen atoms in total. The van der Waals surface area contributed by atoms with Gasteiger partial charge in [0.1, 0.15) is 11.5 Å². The molecule has 0 heterocycles. The van der Waals surface area contributed by atoms with E-state index in [-0.39, 0.29) is 12.6 Å². The van der Waals surface area contributed by atoms with Gasteiger partial charge in [0.2, 0.25) is 0 Å². The van der Waals surface area contributed by atoms with Crippen LogP contribution in [0.3, 0.4) is 0 Å². The molecule has 0 atom stereocenters. The summed E-state index contributed by atoms with van der Waals surface area (Å²) in [6.07, 6.45) is 1.93. The molecular weight excluding hydrogens is 316 g/mol. The van der Waals surface area contributed by atoms with Crippen LogP contribution in [0.15, 0.2) is 54.6 Å². The Hall–Kier alpha value is -2.53. The van der Waals surface area contributed by atoms with Gasteiger partial charge >= 0.3 is 6.03 Å². The average molecular weight is 342 g/mol. The zero-order chi connectivity index (χ0) is 17.9. The second-order valence-electron chi connectivity index (χ2n) is 5.79. The number of urea groups is 1. The van der Waals surface area contributed by atoms with Crippen LogP contribution < -0.4 is 10.1 Å². The van der Waals surface area contributed by atoms with Crippen molar-refractivity contribution >= 4 is 6.03 Å². The number of para-hydroxylation sites is 1. The number of rotatable bonds is 9. The number of benzene rings is 2. The van der Waals surface area contributed by atoms with E-state index in [2.05, 4.69) is 12.2 Å². The molecule has 2 rings (SSSR count). The standard InChI is InChI=1S/C20H26N2O3/c1-2-3-12-22(13-14-23)20(24)21-16-17-8-7-11-19(15-17)25-18-9-5-4-6-10-18/h4-11,15,23H,2-3,12-14,16H2,1H3,(H,21,24). The number of nitrogens with zero attached hydrogens (tertiary/aromatic N) is 1. The number of aliphatic hydroxyl groups is 1. The second-order valence-corrected chi connectivity index (χ2v) is 5.79. The summed E-state index contributed by atoms with van der Waals surface area (Å²) in [5.74, 6) is 1.51. The van der Waals surface area contributed by atoms with E-state index in [9.17, 15) is 4.79 Å². The molecule has 134 valence electrons. The summed E-state index contributed by atoms with van der Waals surface area (Å²) in [7, 11) is 0. The summed E-state index contributed by atoms with van der Waals surface area (Å²) < 4.78 is 5.81. The van der Waals surface area contributed by atoms with E-state index in [1.54, 1.807) is 4.90 Å². The Balaban J connectivity index is 1.91. The maximum atomic E-state index is 12.3. The average Bonchev–Trinajstić information content (AvgIpc) is 2.64. The van der Waals surface area contributed by atoms with E-state index in [1.165, 1.54) is 0 Å². The molecule has 0 aliphatic heterocycles. The highest BCUT2D eigenvalue weighted by molar-refractivity contribution is 5.74. The first-order chi connectivity index (χ1) is 12.2. The number of aliphatic hydroxyl groups excluding tert-OH is 1. The zero-order valence-electron chi connectivity index (χ0n) is 14.6. The van der Waals surface area contributed by atoms with Crippen molar-refractivity contribution < 1.29 is 14.6 Å². The highest BCUT2D eigenvalue weighted by Crippen LogP contribution is 2.21. The van der Waals surface area contributed by atoms with E-state index in [1.807, 2.05) is 54.6 Å². The summed E-state index contributed by atoms with van der Waals surface area (Å²) in [5, 5.41) is 12.0. The number of unbranched alkanes of at least 4 members (excludes halogenated alkanes) is 1. The molecule has 0 radical (unpaired) electrons. The lowest BCUT2D eigenvalue weighted by molar-refractivity contribution is 0.176. The number of hydrogen-bond acceptors (Lipinski definition) is 3. The van der Waals surface area contributed by atoms with E-state index >= 15 is 0 Å². The summed E-state index contributed by atoms with van der Waals surface area (Å²) in [5.41, 5.74) is 0.959. The number of carbonyl (C=O) groups is 1. The lowest BCUT2D eigenvalue weighted by atomic mass is 10.2. The molecular formula is C20H26N2O3. The molecule has 0 aliphatic carbocycles. The van der Waals surface area contributed by atoms with Crippen molar-refractivity contribution in [3.63, 3.8) is 0 Å². The van der Waals surface area contributed by atoms with Crippen LogP contribution in [0.25, 0.3) is 0 Å². The quantitative estimate of drug-likeness (QED) is 0.729. The Morgan fingerprint density at radius 3 is 2.56 bits per heavy atom. The molecule has 0 bridgehead atoms. The minimum absolute atomic E-state index is 0.0302. The maximum absolute atomic E-state index is 12.3. The van der Waals surface area contributed by atoms with Crippen LogP contribution in [0.2, 0.25) is 0 Å². The van der Waals surface area contributed by atoms with Gasteiger partial charge in [-0.2, -0.15) is 0 Å². The molecule has 0 unspecified atom stereocenters. The van der Waals surface area contributed by atoms with Crippen molar-refractivity contribution in [2.24, 2.45) is 0 Å². The van der Waals surface area contributed by atoms with Gasteiger partial charge in [0.25, 0.3) is 0 Å². The molecule has 0 spiro atoms. The fourth-order valence-corrected chi connectivity index (χ4v) is 2.42. The van der Waals surface area contributed by atoms with Crippen molar-refractivity contribution in [3.05, 3.63) is 60.2 Å². The molecule has 0 saturated heterocycles. The third-order valence-electron chi connectivity index (χ3n) is 3.76. The molecule has 2 N–H and O–H groups in total. The molecule has 0 saturated carbocycles. The van der Waals surface area contributed by atoms with Crippen molar-refractivity contribution in [2.45, 2.75) is 26.3 Å². The number of amides is 2. The molecule has 2 aromatic rings. The minimum atomic E-state index is -0.156. The fraction of sp³-hybridized carbons (Fsp3) is 0.350. The lowest BCUT2D eigenvalue weighted by Crippen LogP contribution is -2.41. The van der Waals surface area contributed by atoms with Gasteiger partial charge in [0, 0.05) is 19.6 Å². The van der Waals surface area contributed by atoms with Crippen LogP contribution >= 0.6 is 0 Å². The van der Waals surface area contributed by atoms with E-state index < -0.39 is 0 Å². The van der Waals surface area contributed by atoms with Crippen molar-refractivity contribution in [1.29, 1.82) is 0 Å². The molecule has 0 aliphatic rings. The van der Waals surface area contributed by atoms with Gasteiger partial charge in [-0.3, -0.25) is 0 Å². The van der Waals surface area contributed by atoms with E-state index in [4.69, 9.17) is 9.84 Å². The highest BCUT2D eigenvalue weighted by Gasteiger charge is 2.11. The molecule has 2 amide bonds. The number of carbonyl (C=O) groups excluding carboxylic acids is 1. The van der Waals surface area contributed by atoms with E-state index in [0.29, 0.717) is 19.6 Å². The smallest absolute Gasteiger partial charge is 0.317 e.